The lowest BCUT2D eigenvalue weighted by atomic mass is 10.3. The van der Waals surface area contributed by atoms with Gasteiger partial charge in [0.25, 0.3) is 0 Å². The van der Waals surface area contributed by atoms with Gasteiger partial charge in [-0.25, -0.2) is 14.8 Å². The zero-order valence-corrected chi connectivity index (χ0v) is 8.99. The molecule has 1 N–H and O–H groups in total. The highest BCUT2D eigenvalue weighted by Crippen LogP contribution is 2.08. The van der Waals surface area contributed by atoms with Crippen LogP contribution in [0.2, 0.25) is 5.15 Å². The highest BCUT2D eigenvalue weighted by atomic mass is 35.5. The van der Waals surface area contributed by atoms with Gasteiger partial charge in [0.2, 0.25) is 0 Å². The van der Waals surface area contributed by atoms with E-state index in [1.54, 1.807) is 7.11 Å². The van der Waals surface area contributed by atoms with E-state index in [-0.39, 0.29) is 10.8 Å². The summed E-state index contributed by atoms with van der Waals surface area (Å²) in [6, 6.07) is 1.23. The third-order valence-electron chi connectivity index (χ3n) is 1.71. The van der Waals surface area contributed by atoms with Gasteiger partial charge in [-0.1, -0.05) is 11.6 Å². The van der Waals surface area contributed by atoms with Gasteiger partial charge in [-0.2, -0.15) is 0 Å². The number of aromatic nitrogens is 2. The van der Waals surface area contributed by atoms with Gasteiger partial charge < -0.3 is 9.84 Å². The predicted octanol–water partition coefficient (Wildman–Crippen LogP) is 1.41. The minimum absolute atomic E-state index is 0.0811. The van der Waals surface area contributed by atoms with E-state index in [0.29, 0.717) is 18.9 Å². The molecule has 82 valence electrons. The highest BCUT2D eigenvalue weighted by Gasteiger charge is 2.08. The Labute approximate surface area is 92.1 Å². The van der Waals surface area contributed by atoms with E-state index in [1.807, 2.05) is 0 Å². The number of methoxy groups -OCH3 is 1. The van der Waals surface area contributed by atoms with E-state index >= 15 is 0 Å². The van der Waals surface area contributed by atoms with Crippen LogP contribution in [-0.2, 0) is 11.2 Å². The first kappa shape index (κ1) is 11.9. The highest BCUT2D eigenvalue weighted by molar-refractivity contribution is 6.29. The predicted molar refractivity (Wildman–Crippen MR) is 54.2 cm³/mol. The number of rotatable bonds is 5. The van der Waals surface area contributed by atoms with Crippen molar-refractivity contribution >= 4 is 17.6 Å². The van der Waals surface area contributed by atoms with E-state index in [9.17, 15) is 4.79 Å². The first-order chi connectivity index (χ1) is 7.13. The molecule has 1 rings (SSSR count). The van der Waals surface area contributed by atoms with E-state index in [2.05, 4.69) is 9.97 Å². The lowest BCUT2D eigenvalue weighted by Crippen LogP contribution is -2.06. The van der Waals surface area contributed by atoms with E-state index in [4.69, 9.17) is 21.4 Å². The van der Waals surface area contributed by atoms with Gasteiger partial charge in [0.05, 0.1) is 0 Å². The quantitative estimate of drug-likeness (QED) is 0.612. The molecular formula is C9H11ClN2O3. The number of carbonyl (C=O) groups is 1. The Morgan fingerprint density at radius 1 is 1.60 bits per heavy atom. The molecule has 0 spiro atoms. The Balaban J connectivity index is 2.75. The molecule has 15 heavy (non-hydrogen) atoms. The zero-order chi connectivity index (χ0) is 11.3. The summed E-state index contributed by atoms with van der Waals surface area (Å²) in [7, 11) is 1.60. The summed E-state index contributed by atoms with van der Waals surface area (Å²) in [5, 5.41) is 8.88. The van der Waals surface area contributed by atoms with Crippen molar-refractivity contribution in [3.63, 3.8) is 0 Å². The molecule has 1 aromatic rings. The first-order valence-electron chi connectivity index (χ1n) is 4.39. The molecule has 0 aromatic carbocycles. The van der Waals surface area contributed by atoms with Crippen LogP contribution in [0.5, 0.6) is 0 Å². The van der Waals surface area contributed by atoms with Gasteiger partial charge in [0.1, 0.15) is 11.0 Å². The van der Waals surface area contributed by atoms with Gasteiger partial charge in [-0.15, -0.1) is 0 Å². The van der Waals surface area contributed by atoms with Gasteiger partial charge >= 0.3 is 5.97 Å². The number of hydrogen-bond acceptors (Lipinski definition) is 4. The second-order valence-corrected chi connectivity index (χ2v) is 3.28. The fraction of sp³-hybridized carbons (Fsp3) is 0.444. The minimum atomic E-state index is -1.10. The van der Waals surface area contributed by atoms with Crippen molar-refractivity contribution in [3.8, 4) is 0 Å². The van der Waals surface area contributed by atoms with Crippen LogP contribution in [0.1, 0.15) is 22.7 Å². The summed E-state index contributed by atoms with van der Waals surface area (Å²) < 4.78 is 4.87. The normalized spacial score (nSPS) is 10.3. The van der Waals surface area contributed by atoms with Crippen LogP contribution in [0, 0.1) is 0 Å². The lowest BCUT2D eigenvalue weighted by molar-refractivity contribution is 0.0690. The standard InChI is InChI=1S/C9H11ClN2O3/c1-15-4-2-3-8-11-6(9(13)14)5-7(10)12-8/h5H,2-4H2,1H3,(H,13,14). The van der Waals surface area contributed by atoms with E-state index in [0.717, 1.165) is 6.42 Å². The molecule has 5 nitrogen and oxygen atoms in total. The number of halogens is 1. The molecule has 1 heterocycles. The summed E-state index contributed by atoms with van der Waals surface area (Å²) in [6.45, 7) is 0.582. The van der Waals surface area contributed by atoms with E-state index in [1.165, 1.54) is 6.07 Å². The van der Waals surface area contributed by atoms with Crippen molar-refractivity contribution in [2.45, 2.75) is 12.8 Å². The monoisotopic (exact) mass is 230 g/mol. The van der Waals surface area contributed by atoms with Gasteiger partial charge in [-0.05, 0) is 6.42 Å². The van der Waals surface area contributed by atoms with Gasteiger partial charge in [-0.3, -0.25) is 0 Å². The van der Waals surface area contributed by atoms with Crippen molar-refractivity contribution in [2.75, 3.05) is 13.7 Å². The van der Waals surface area contributed by atoms with Crippen LogP contribution in [0.15, 0.2) is 6.07 Å². The number of ether oxygens (including phenoxy) is 1. The Kier molecular flexibility index (Phi) is 4.45. The minimum Gasteiger partial charge on any atom is -0.477 e. The molecular weight excluding hydrogens is 220 g/mol. The molecule has 1 aromatic heterocycles. The Morgan fingerprint density at radius 2 is 2.33 bits per heavy atom. The number of aromatic carboxylic acids is 1. The summed E-state index contributed by atoms with van der Waals surface area (Å²) in [5.74, 6) is -0.677. The van der Waals surface area contributed by atoms with Crippen LogP contribution in [0.4, 0.5) is 0 Å². The molecule has 0 radical (unpaired) electrons. The fourth-order valence-electron chi connectivity index (χ4n) is 1.06. The number of nitrogens with zero attached hydrogens (tertiary/aromatic N) is 2. The van der Waals surface area contributed by atoms with Crippen LogP contribution in [0.25, 0.3) is 0 Å². The van der Waals surface area contributed by atoms with Crippen LogP contribution >= 0.6 is 11.6 Å². The van der Waals surface area contributed by atoms with Crippen LogP contribution < -0.4 is 0 Å². The molecule has 0 saturated heterocycles. The molecule has 0 saturated carbocycles. The molecule has 6 heteroatoms. The van der Waals surface area contributed by atoms with Gasteiger partial charge in [0.15, 0.2) is 5.69 Å². The van der Waals surface area contributed by atoms with E-state index < -0.39 is 5.97 Å². The van der Waals surface area contributed by atoms with Crippen molar-refractivity contribution in [1.29, 1.82) is 0 Å². The van der Waals surface area contributed by atoms with Gasteiger partial charge in [0, 0.05) is 26.2 Å². The van der Waals surface area contributed by atoms with Crippen LogP contribution in [0.3, 0.4) is 0 Å². The second-order valence-electron chi connectivity index (χ2n) is 2.89. The largest absolute Gasteiger partial charge is 0.477 e. The topological polar surface area (TPSA) is 72.3 Å². The zero-order valence-electron chi connectivity index (χ0n) is 8.23. The summed E-state index contributed by atoms with van der Waals surface area (Å²) >= 11 is 5.66. The number of hydrogen-bond donors (Lipinski definition) is 1. The smallest absolute Gasteiger partial charge is 0.354 e. The Bertz CT molecular complexity index is 357. The molecule has 0 fully saturated rings. The summed E-state index contributed by atoms with van der Waals surface area (Å²) in [5.41, 5.74) is -0.0811. The second kappa shape index (κ2) is 5.63. The van der Waals surface area contributed by atoms with Crippen molar-refractivity contribution < 1.29 is 14.6 Å². The molecule has 0 amide bonds. The molecule has 0 aliphatic heterocycles. The van der Waals surface area contributed by atoms with Crippen LogP contribution in [-0.4, -0.2) is 34.8 Å². The van der Waals surface area contributed by atoms with Crippen molar-refractivity contribution in [1.82, 2.24) is 9.97 Å². The third-order valence-corrected chi connectivity index (χ3v) is 1.90. The molecule has 0 aliphatic rings. The SMILES string of the molecule is COCCCc1nc(Cl)cc(C(=O)O)n1. The lowest BCUT2D eigenvalue weighted by Gasteiger charge is -2.01. The summed E-state index contributed by atoms with van der Waals surface area (Å²) in [6.07, 6.45) is 1.28. The maximum Gasteiger partial charge on any atom is 0.354 e. The third kappa shape index (κ3) is 3.81. The van der Waals surface area contributed by atoms with Crippen molar-refractivity contribution in [2.24, 2.45) is 0 Å². The molecule has 0 bridgehead atoms. The Hall–Kier alpha value is -1.20. The average molecular weight is 231 g/mol. The molecule has 0 unspecified atom stereocenters. The van der Waals surface area contributed by atoms with Crippen molar-refractivity contribution in [3.05, 3.63) is 22.7 Å². The number of aryl methyl sites for hydroxylation is 1. The molecule has 0 atom stereocenters. The first-order valence-corrected chi connectivity index (χ1v) is 4.77. The number of carboxylic acids is 1. The summed E-state index contributed by atoms with van der Waals surface area (Å²) in [4.78, 5) is 18.4. The maximum atomic E-state index is 10.7. The fourth-order valence-corrected chi connectivity index (χ4v) is 1.26. The molecule has 0 aliphatic carbocycles. The Morgan fingerprint density at radius 3 is 2.93 bits per heavy atom. The maximum absolute atomic E-state index is 10.7. The average Bonchev–Trinajstić information content (AvgIpc) is 2.17. The number of carboxylic acid groups (broad SMARTS) is 1.